The van der Waals surface area contributed by atoms with E-state index in [1.165, 1.54) is 24.3 Å². The normalized spacial score (nSPS) is 11.0. The van der Waals surface area contributed by atoms with Crippen molar-refractivity contribution in [3.05, 3.63) is 107 Å². The molecule has 0 unspecified atom stereocenters. The van der Waals surface area contributed by atoms with E-state index in [4.69, 9.17) is 0 Å². The van der Waals surface area contributed by atoms with Gasteiger partial charge in [-0.25, -0.2) is 8.78 Å². The maximum absolute atomic E-state index is 13.5. The van der Waals surface area contributed by atoms with Crippen LogP contribution in [0.2, 0.25) is 0 Å². The van der Waals surface area contributed by atoms with Crippen molar-refractivity contribution in [2.45, 2.75) is 13.0 Å². The molecule has 5 heteroatoms. The summed E-state index contributed by atoms with van der Waals surface area (Å²) >= 11 is 0. The summed E-state index contributed by atoms with van der Waals surface area (Å²) in [4.78, 5) is 12.8. The molecule has 146 valence electrons. The number of carbonyl (C=O) groups is 1. The second kappa shape index (κ2) is 8.27. The standard InChI is InChI=1S/C24H20F2N2O/c25-19-7-3-5-17(13-19)11-12-27-24(29)22-16-28(23-10-2-1-9-21(22)23)15-18-6-4-8-20(26)14-18/h1-10,13-14,16H,11-12,15H2,(H,27,29). The van der Waals surface area contributed by atoms with Crippen molar-refractivity contribution < 1.29 is 13.6 Å². The van der Waals surface area contributed by atoms with Crippen molar-refractivity contribution in [3.63, 3.8) is 0 Å². The molecule has 1 heterocycles. The van der Waals surface area contributed by atoms with Gasteiger partial charge in [-0.3, -0.25) is 4.79 Å². The maximum atomic E-state index is 13.5. The van der Waals surface area contributed by atoms with Gasteiger partial charge in [0.25, 0.3) is 5.91 Å². The van der Waals surface area contributed by atoms with Crippen LogP contribution in [-0.4, -0.2) is 17.0 Å². The summed E-state index contributed by atoms with van der Waals surface area (Å²) in [7, 11) is 0. The number of nitrogens with one attached hydrogen (secondary N) is 1. The highest BCUT2D eigenvalue weighted by molar-refractivity contribution is 6.07. The number of hydrogen-bond donors (Lipinski definition) is 1. The van der Waals surface area contributed by atoms with Gasteiger partial charge >= 0.3 is 0 Å². The number of halogens is 2. The summed E-state index contributed by atoms with van der Waals surface area (Å²) in [6.07, 6.45) is 2.35. The first kappa shape index (κ1) is 18.9. The van der Waals surface area contributed by atoms with Gasteiger partial charge in [0.05, 0.1) is 5.56 Å². The molecule has 0 spiro atoms. The van der Waals surface area contributed by atoms with Crippen LogP contribution in [0, 0.1) is 11.6 Å². The van der Waals surface area contributed by atoms with Crippen molar-refractivity contribution in [3.8, 4) is 0 Å². The second-order valence-corrected chi connectivity index (χ2v) is 6.95. The molecule has 1 amide bonds. The topological polar surface area (TPSA) is 34.0 Å². The highest BCUT2D eigenvalue weighted by Crippen LogP contribution is 2.22. The Hall–Kier alpha value is -3.47. The Balaban J connectivity index is 1.53. The zero-order valence-corrected chi connectivity index (χ0v) is 15.7. The van der Waals surface area contributed by atoms with Crippen molar-refractivity contribution in [2.24, 2.45) is 0 Å². The molecule has 3 aromatic carbocycles. The maximum Gasteiger partial charge on any atom is 0.253 e. The lowest BCUT2D eigenvalue weighted by Gasteiger charge is -2.05. The number of hydrogen-bond acceptors (Lipinski definition) is 1. The Labute approximate surface area is 167 Å². The minimum absolute atomic E-state index is 0.185. The molecule has 0 atom stereocenters. The predicted molar refractivity (Wildman–Crippen MR) is 110 cm³/mol. The van der Waals surface area contributed by atoms with Gasteiger partial charge in [-0.1, -0.05) is 42.5 Å². The van der Waals surface area contributed by atoms with Crippen molar-refractivity contribution in [1.29, 1.82) is 0 Å². The molecule has 4 rings (SSSR count). The molecule has 3 nitrogen and oxygen atoms in total. The molecule has 4 aromatic rings. The molecular formula is C24H20F2N2O. The number of rotatable bonds is 6. The second-order valence-electron chi connectivity index (χ2n) is 6.95. The minimum Gasteiger partial charge on any atom is -0.352 e. The third-order valence-corrected chi connectivity index (χ3v) is 4.86. The van der Waals surface area contributed by atoms with E-state index in [1.807, 2.05) is 41.0 Å². The molecule has 0 aliphatic heterocycles. The first-order valence-corrected chi connectivity index (χ1v) is 9.45. The van der Waals surface area contributed by atoms with Crippen LogP contribution in [0.4, 0.5) is 8.78 Å². The summed E-state index contributed by atoms with van der Waals surface area (Å²) in [5.74, 6) is -0.751. The molecule has 0 saturated carbocycles. The molecule has 0 bridgehead atoms. The van der Waals surface area contributed by atoms with E-state index < -0.39 is 0 Å². The lowest BCUT2D eigenvalue weighted by molar-refractivity contribution is 0.0955. The smallest absolute Gasteiger partial charge is 0.253 e. The van der Waals surface area contributed by atoms with Gasteiger partial charge in [-0.05, 0) is 47.9 Å². The molecule has 29 heavy (non-hydrogen) atoms. The highest BCUT2D eigenvalue weighted by atomic mass is 19.1. The van der Waals surface area contributed by atoms with Crippen LogP contribution in [0.1, 0.15) is 21.5 Å². The third kappa shape index (κ3) is 4.35. The van der Waals surface area contributed by atoms with Gasteiger partial charge in [0.15, 0.2) is 0 Å². The molecule has 0 aliphatic rings. The lowest BCUT2D eigenvalue weighted by Crippen LogP contribution is -2.25. The van der Waals surface area contributed by atoms with Crippen LogP contribution >= 0.6 is 0 Å². The molecule has 0 radical (unpaired) electrons. The monoisotopic (exact) mass is 390 g/mol. The van der Waals surface area contributed by atoms with Gasteiger partial charge in [-0.15, -0.1) is 0 Å². The average molecular weight is 390 g/mol. The number of nitrogens with zero attached hydrogens (tertiary/aromatic N) is 1. The van der Waals surface area contributed by atoms with Gasteiger partial charge in [0.1, 0.15) is 11.6 Å². The number of aromatic nitrogens is 1. The van der Waals surface area contributed by atoms with Gasteiger partial charge in [0.2, 0.25) is 0 Å². The Morgan fingerprint density at radius 3 is 2.31 bits per heavy atom. The van der Waals surface area contributed by atoms with E-state index in [0.29, 0.717) is 25.1 Å². The first-order chi connectivity index (χ1) is 14.1. The summed E-state index contributed by atoms with van der Waals surface area (Å²) in [5.41, 5.74) is 3.13. The van der Waals surface area contributed by atoms with E-state index in [0.717, 1.165) is 22.0 Å². The van der Waals surface area contributed by atoms with Crippen LogP contribution in [0.5, 0.6) is 0 Å². The summed E-state index contributed by atoms with van der Waals surface area (Å²) in [6.45, 7) is 0.876. The van der Waals surface area contributed by atoms with Crippen LogP contribution < -0.4 is 5.32 Å². The fourth-order valence-electron chi connectivity index (χ4n) is 3.50. The average Bonchev–Trinajstić information content (AvgIpc) is 3.07. The molecule has 1 N–H and O–H groups in total. The Morgan fingerprint density at radius 2 is 1.55 bits per heavy atom. The zero-order chi connectivity index (χ0) is 20.2. The van der Waals surface area contributed by atoms with E-state index in [9.17, 15) is 13.6 Å². The number of para-hydroxylation sites is 1. The van der Waals surface area contributed by atoms with E-state index in [1.54, 1.807) is 18.3 Å². The largest absolute Gasteiger partial charge is 0.352 e. The SMILES string of the molecule is O=C(NCCc1cccc(F)c1)c1cn(Cc2cccc(F)c2)c2ccccc12. The fourth-order valence-corrected chi connectivity index (χ4v) is 3.50. The van der Waals surface area contributed by atoms with Crippen molar-refractivity contribution in [2.75, 3.05) is 6.54 Å². The summed E-state index contributed by atoms with van der Waals surface area (Å²) in [5, 5.41) is 3.75. The fraction of sp³-hybridized carbons (Fsp3) is 0.125. The van der Waals surface area contributed by atoms with E-state index in [2.05, 4.69) is 5.32 Å². The highest BCUT2D eigenvalue weighted by Gasteiger charge is 2.15. The van der Waals surface area contributed by atoms with Gasteiger partial charge in [0, 0.05) is 30.2 Å². The predicted octanol–water partition coefficient (Wildman–Crippen LogP) is 4.94. The lowest BCUT2D eigenvalue weighted by atomic mass is 10.1. The number of benzene rings is 3. The Bertz CT molecular complexity index is 1170. The first-order valence-electron chi connectivity index (χ1n) is 9.45. The molecule has 0 saturated heterocycles. The number of amides is 1. The van der Waals surface area contributed by atoms with Crippen molar-refractivity contribution >= 4 is 16.8 Å². The zero-order valence-electron chi connectivity index (χ0n) is 15.7. The third-order valence-electron chi connectivity index (χ3n) is 4.86. The summed E-state index contributed by atoms with van der Waals surface area (Å²) < 4.78 is 28.8. The van der Waals surface area contributed by atoms with Crippen LogP contribution in [0.15, 0.2) is 79.0 Å². The molecular weight excluding hydrogens is 370 g/mol. The minimum atomic E-state index is -0.283. The molecule has 0 fully saturated rings. The Kier molecular flexibility index (Phi) is 5.38. The van der Waals surface area contributed by atoms with Crippen LogP contribution in [0.25, 0.3) is 10.9 Å². The van der Waals surface area contributed by atoms with Crippen LogP contribution in [0.3, 0.4) is 0 Å². The van der Waals surface area contributed by atoms with E-state index >= 15 is 0 Å². The van der Waals surface area contributed by atoms with Crippen molar-refractivity contribution in [1.82, 2.24) is 9.88 Å². The molecule has 0 aliphatic carbocycles. The molecule has 1 aromatic heterocycles. The van der Waals surface area contributed by atoms with Gasteiger partial charge < -0.3 is 9.88 Å². The Morgan fingerprint density at radius 1 is 0.862 bits per heavy atom. The quantitative estimate of drug-likeness (QED) is 0.497. The van der Waals surface area contributed by atoms with Gasteiger partial charge in [-0.2, -0.15) is 0 Å². The summed E-state index contributed by atoms with van der Waals surface area (Å²) in [6, 6.07) is 20.4. The number of carbonyl (C=O) groups excluding carboxylic acids is 1. The number of fused-ring (bicyclic) bond motifs is 1. The van der Waals surface area contributed by atoms with E-state index in [-0.39, 0.29) is 17.5 Å². The van der Waals surface area contributed by atoms with Crippen LogP contribution in [-0.2, 0) is 13.0 Å².